The zero-order valence-corrected chi connectivity index (χ0v) is 15.4. The van der Waals surface area contributed by atoms with Crippen molar-refractivity contribution in [3.05, 3.63) is 59.9 Å². The maximum atomic E-state index is 12.7. The number of hydrogen-bond acceptors (Lipinski definition) is 5. The van der Waals surface area contributed by atoms with E-state index in [-0.39, 0.29) is 5.91 Å². The number of carbonyl (C=O) groups is 1. The molecule has 0 saturated carbocycles. The second-order valence-corrected chi connectivity index (χ2v) is 7.49. The molecule has 0 aliphatic carbocycles. The van der Waals surface area contributed by atoms with Gasteiger partial charge in [-0.05, 0) is 42.5 Å². The predicted molar refractivity (Wildman–Crippen MR) is 105 cm³/mol. The molecule has 1 aliphatic rings. The lowest BCUT2D eigenvalue weighted by Gasteiger charge is -2.15. The molecule has 1 aliphatic heterocycles. The average molecular weight is 375 g/mol. The Bertz CT molecular complexity index is 1110. The Morgan fingerprint density at radius 1 is 1.11 bits per heavy atom. The van der Waals surface area contributed by atoms with Gasteiger partial charge in [-0.3, -0.25) is 9.78 Å². The number of nitrogens with zero attached hydrogens (tertiary/aromatic N) is 5. The second-order valence-electron chi connectivity index (χ2n) is 6.55. The number of hydrogen-bond donors (Lipinski definition) is 0. The Kier molecular flexibility index (Phi) is 3.94. The van der Waals surface area contributed by atoms with Crippen molar-refractivity contribution < 1.29 is 4.79 Å². The van der Waals surface area contributed by atoms with E-state index in [9.17, 15) is 4.79 Å². The minimum atomic E-state index is 0.0693. The van der Waals surface area contributed by atoms with Crippen LogP contribution >= 0.6 is 11.3 Å². The van der Waals surface area contributed by atoms with Crippen LogP contribution in [-0.4, -0.2) is 43.5 Å². The van der Waals surface area contributed by atoms with Crippen LogP contribution in [0.15, 0.2) is 54.3 Å². The summed E-state index contributed by atoms with van der Waals surface area (Å²) >= 11 is 1.65. The highest BCUT2D eigenvalue weighted by Crippen LogP contribution is 2.27. The third-order valence-electron chi connectivity index (χ3n) is 4.82. The van der Waals surface area contributed by atoms with Crippen molar-refractivity contribution in [2.75, 3.05) is 13.1 Å². The minimum Gasteiger partial charge on any atom is -0.339 e. The van der Waals surface area contributed by atoms with E-state index in [1.165, 1.54) is 0 Å². The highest BCUT2D eigenvalue weighted by atomic mass is 32.1. The number of rotatable bonds is 3. The van der Waals surface area contributed by atoms with Gasteiger partial charge in [0.05, 0.1) is 28.0 Å². The van der Waals surface area contributed by atoms with E-state index < -0.39 is 0 Å². The van der Waals surface area contributed by atoms with Crippen LogP contribution in [0.2, 0.25) is 0 Å². The molecule has 1 fully saturated rings. The van der Waals surface area contributed by atoms with Crippen LogP contribution < -0.4 is 0 Å². The number of fused-ring (bicyclic) bond motifs is 1. The highest BCUT2D eigenvalue weighted by molar-refractivity contribution is 7.13. The molecule has 1 saturated heterocycles. The molecule has 5 heterocycles. The molecule has 0 radical (unpaired) electrons. The van der Waals surface area contributed by atoms with Gasteiger partial charge in [0.25, 0.3) is 5.91 Å². The predicted octanol–water partition coefficient (Wildman–Crippen LogP) is 3.76. The first kappa shape index (κ1) is 16.1. The molecule has 0 aromatic carbocycles. The summed E-state index contributed by atoms with van der Waals surface area (Å²) in [6, 6.07) is 9.64. The van der Waals surface area contributed by atoms with Gasteiger partial charge in [0.1, 0.15) is 0 Å². The van der Waals surface area contributed by atoms with E-state index in [0.29, 0.717) is 11.3 Å². The summed E-state index contributed by atoms with van der Waals surface area (Å²) < 4.78 is 1.74. The standard InChI is InChI=1S/C20H17N5OS/c26-20(24-8-1-2-9-24)14-5-7-21-17(12-14)15-13-22-25-10-6-16(23-19(15)25)18-4-3-11-27-18/h3-7,10-13H,1-2,8-9H2. The molecule has 0 N–H and O–H groups in total. The number of thiophene rings is 1. The van der Waals surface area contributed by atoms with E-state index in [0.717, 1.165) is 47.7 Å². The summed E-state index contributed by atoms with van der Waals surface area (Å²) in [7, 11) is 0. The molecule has 5 rings (SSSR count). The van der Waals surface area contributed by atoms with Crippen molar-refractivity contribution in [1.82, 2.24) is 24.5 Å². The first-order valence-corrected chi connectivity index (χ1v) is 9.81. The Morgan fingerprint density at radius 2 is 2.00 bits per heavy atom. The molecule has 0 unspecified atom stereocenters. The van der Waals surface area contributed by atoms with Gasteiger partial charge < -0.3 is 4.90 Å². The van der Waals surface area contributed by atoms with Gasteiger partial charge in [0.15, 0.2) is 5.65 Å². The van der Waals surface area contributed by atoms with Gasteiger partial charge in [-0.15, -0.1) is 11.3 Å². The van der Waals surface area contributed by atoms with Crippen molar-refractivity contribution in [3.63, 3.8) is 0 Å². The Hall–Kier alpha value is -3.06. The smallest absolute Gasteiger partial charge is 0.253 e. The van der Waals surface area contributed by atoms with Crippen LogP contribution in [0.25, 0.3) is 27.5 Å². The first-order chi connectivity index (χ1) is 13.3. The van der Waals surface area contributed by atoms with E-state index in [2.05, 4.69) is 10.1 Å². The third kappa shape index (κ3) is 2.90. The molecule has 1 amide bonds. The SMILES string of the molecule is O=C(c1ccnc(-c2cnn3ccc(-c4cccs4)nc23)c1)N1CCCC1. The highest BCUT2D eigenvalue weighted by Gasteiger charge is 2.20. The average Bonchev–Trinajstić information content (AvgIpc) is 3.48. The molecule has 7 heteroatoms. The van der Waals surface area contributed by atoms with Gasteiger partial charge in [-0.25, -0.2) is 9.50 Å². The minimum absolute atomic E-state index is 0.0693. The molecule has 134 valence electrons. The van der Waals surface area contributed by atoms with Crippen molar-refractivity contribution in [2.45, 2.75) is 12.8 Å². The van der Waals surface area contributed by atoms with Crippen LogP contribution in [0.3, 0.4) is 0 Å². The largest absolute Gasteiger partial charge is 0.339 e. The lowest BCUT2D eigenvalue weighted by molar-refractivity contribution is 0.0792. The molecule has 0 bridgehead atoms. The fourth-order valence-corrected chi connectivity index (χ4v) is 4.12. The second kappa shape index (κ2) is 6.59. The van der Waals surface area contributed by atoms with Gasteiger partial charge >= 0.3 is 0 Å². The van der Waals surface area contributed by atoms with Gasteiger partial charge in [0, 0.05) is 31.0 Å². The van der Waals surface area contributed by atoms with Crippen molar-refractivity contribution in [3.8, 4) is 21.8 Å². The number of pyridine rings is 1. The summed E-state index contributed by atoms with van der Waals surface area (Å²) in [4.78, 5) is 25.0. The first-order valence-electron chi connectivity index (χ1n) is 8.93. The Balaban J connectivity index is 1.56. The fourth-order valence-electron chi connectivity index (χ4n) is 3.42. The van der Waals surface area contributed by atoms with E-state index >= 15 is 0 Å². The van der Waals surface area contributed by atoms with Crippen molar-refractivity contribution >= 4 is 22.9 Å². The maximum absolute atomic E-state index is 12.7. The van der Waals surface area contributed by atoms with Crippen LogP contribution in [-0.2, 0) is 0 Å². The zero-order chi connectivity index (χ0) is 18.2. The van der Waals surface area contributed by atoms with Gasteiger partial charge in [0.2, 0.25) is 0 Å². The van der Waals surface area contributed by atoms with E-state index in [1.54, 1.807) is 34.3 Å². The number of carbonyl (C=O) groups excluding carboxylic acids is 1. The van der Waals surface area contributed by atoms with Gasteiger partial charge in [-0.2, -0.15) is 5.10 Å². The number of likely N-dealkylation sites (tertiary alicyclic amines) is 1. The topological polar surface area (TPSA) is 63.4 Å². The fraction of sp³-hybridized carbons (Fsp3) is 0.200. The summed E-state index contributed by atoms with van der Waals surface area (Å²) in [5.41, 5.74) is 3.84. The number of amides is 1. The molecule has 0 spiro atoms. The van der Waals surface area contributed by atoms with Crippen LogP contribution in [0.1, 0.15) is 23.2 Å². The lowest BCUT2D eigenvalue weighted by Crippen LogP contribution is -2.27. The third-order valence-corrected chi connectivity index (χ3v) is 5.71. The maximum Gasteiger partial charge on any atom is 0.253 e. The summed E-state index contributed by atoms with van der Waals surface area (Å²) in [5, 5.41) is 6.43. The van der Waals surface area contributed by atoms with Crippen LogP contribution in [0.4, 0.5) is 0 Å². The molecule has 4 aromatic heterocycles. The van der Waals surface area contributed by atoms with Crippen LogP contribution in [0, 0.1) is 0 Å². The molecule has 0 atom stereocenters. The van der Waals surface area contributed by atoms with Gasteiger partial charge in [-0.1, -0.05) is 6.07 Å². The Morgan fingerprint density at radius 3 is 2.81 bits per heavy atom. The van der Waals surface area contributed by atoms with Crippen LogP contribution in [0.5, 0.6) is 0 Å². The molecular formula is C20H17N5OS. The monoisotopic (exact) mass is 375 g/mol. The quantitative estimate of drug-likeness (QED) is 0.547. The summed E-state index contributed by atoms with van der Waals surface area (Å²) in [5.74, 6) is 0.0693. The van der Waals surface area contributed by atoms with E-state index in [4.69, 9.17) is 4.98 Å². The molecule has 4 aromatic rings. The van der Waals surface area contributed by atoms with E-state index in [1.807, 2.05) is 40.7 Å². The van der Waals surface area contributed by atoms with Crippen molar-refractivity contribution in [2.24, 2.45) is 0 Å². The summed E-state index contributed by atoms with van der Waals surface area (Å²) in [6.07, 6.45) is 7.50. The lowest BCUT2D eigenvalue weighted by atomic mass is 10.1. The number of aromatic nitrogens is 4. The normalized spacial score (nSPS) is 14.1. The molecular weight excluding hydrogens is 358 g/mol. The molecule has 27 heavy (non-hydrogen) atoms. The Labute approximate surface area is 160 Å². The summed E-state index contributed by atoms with van der Waals surface area (Å²) in [6.45, 7) is 1.66. The zero-order valence-electron chi connectivity index (χ0n) is 14.6. The molecule has 6 nitrogen and oxygen atoms in total. The van der Waals surface area contributed by atoms with Crippen molar-refractivity contribution in [1.29, 1.82) is 0 Å².